The lowest BCUT2D eigenvalue weighted by molar-refractivity contribution is -0.139. The molecule has 0 aliphatic heterocycles. The molecule has 94 valence electrons. The van der Waals surface area contributed by atoms with Crippen molar-refractivity contribution < 1.29 is 19.0 Å². The van der Waals surface area contributed by atoms with Crippen molar-refractivity contribution >= 4 is 17.7 Å². The summed E-state index contributed by atoms with van der Waals surface area (Å²) in [5.41, 5.74) is 0.758. The fraction of sp³-hybridized carbons (Fsp3) is 0.417. The molecular formula is C12H16O4S. The molecule has 0 atom stereocenters. The van der Waals surface area contributed by atoms with Crippen molar-refractivity contribution in [2.45, 2.75) is 11.3 Å². The minimum atomic E-state index is -0.303. The first kappa shape index (κ1) is 13.7. The lowest BCUT2D eigenvalue weighted by Gasteiger charge is -2.13. The number of methoxy groups -OCH3 is 3. The van der Waals surface area contributed by atoms with E-state index in [-0.39, 0.29) is 12.4 Å². The van der Waals surface area contributed by atoms with Crippen LogP contribution in [0.25, 0.3) is 0 Å². The van der Waals surface area contributed by atoms with Crippen LogP contribution in [0, 0.1) is 0 Å². The Hall–Kier alpha value is -1.36. The summed E-state index contributed by atoms with van der Waals surface area (Å²) in [6, 6.07) is 3.67. The van der Waals surface area contributed by atoms with Crippen LogP contribution in [0.3, 0.4) is 0 Å². The van der Waals surface area contributed by atoms with Crippen molar-refractivity contribution in [3.8, 4) is 11.5 Å². The smallest absolute Gasteiger partial charge is 0.310 e. The number of carbonyl (C=O) groups is 1. The van der Waals surface area contributed by atoms with Gasteiger partial charge in [0.25, 0.3) is 0 Å². The maximum atomic E-state index is 11.3. The second-order valence-electron chi connectivity index (χ2n) is 3.27. The molecule has 0 radical (unpaired) electrons. The third-order valence-electron chi connectivity index (χ3n) is 2.35. The predicted molar refractivity (Wildman–Crippen MR) is 67.0 cm³/mol. The molecule has 0 amide bonds. The molecule has 0 N–H and O–H groups in total. The number of hydrogen-bond donors (Lipinski definition) is 0. The van der Waals surface area contributed by atoms with Gasteiger partial charge in [0.2, 0.25) is 0 Å². The molecule has 0 aromatic heterocycles. The first-order chi connectivity index (χ1) is 8.15. The van der Waals surface area contributed by atoms with Crippen LogP contribution >= 0.6 is 11.8 Å². The van der Waals surface area contributed by atoms with E-state index in [0.717, 1.165) is 16.2 Å². The molecule has 17 heavy (non-hydrogen) atoms. The monoisotopic (exact) mass is 256 g/mol. The maximum Gasteiger partial charge on any atom is 0.310 e. The van der Waals surface area contributed by atoms with Gasteiger partial charge in [0.1, 0.15) is 11.5 Å². The molecule has 4 nitrogen and oxygen atoms in total. The Morgan fingerprint density at radius 2 is 1.82 bits per heavy atom. The molecule has 0 heterocycles. The molecule has 0 saturated heterocycles. The summed E-state index contributed by atoms with van der Waals surface area (Å²) in [5.74, 6) is 1.10. The van der Waals surface area contributed by atoms with E-state index in [2.05, 4.69) is 4.74 Å². The molecule has 0 spiro atoms. The van der Waals surface area contributed by atoms with Crippen molar-refractivity contribution in [3.05, 3.63) is 17.7 Å². The van der Waals surface area contributed by atoms with Gasteiger partial charge in [-0.25, -0.2) is 0 Å². The second-order valence-corrected chi connectivity index (χ2v) is 4.12. The number of ether oxygens (including phenoxy) is 3. The molecule has 0 aliphatic carbocycles. The minimum Gasteiger partial charge on any atom is -0.496 e. The highest BCUT2D eigenvalue weighted by Gasteiger charge is 2.13. The number of esters is 1. The Morgan fingerprint density at radius 1 is 1.18 bits per heavy atom. The topological polar surface area (TPSA) is 44.8 Å². The fourth-order valence-corrected chi connectivity index (χ4v) is 2.03. The Bertz CT molecular complexity index is 404. The maximum absolute atomic E-state index is 11.3. The summed E-state index contributed by atoms with van der Waals surface area (Å²) in [7, 11) is 4.54. The summed E-state index contributed by atoms with van der Waals surface area (Å²) in [4.78, 5) is 12.2. The van der Waals surface area contributed by atoms with E-state index in [1.165, 1.54) is 7.11 Å². The molecule has 1 rings (SSSR count). The van der Waals surface area contributed by atoms with Gasteiger partial charge in [-0.2, -0.15) is 0 Å². The highest BCUT2D eigenvalue weighted by Crippen LogP contribution is 2.34. The van der Waals surface area contributed by atoms with Crippen molar-refractivity contribution in [2.75, 3.05) is 27.6 Å². The van der Waals surface area contributed by atoms with Gasteiger partial charge in [-0.3, -0.25) is 4.79 Å². The van der Waals surface area contributed by atoms with Crippen LogP contribution < -0.4 is 9.47 Å². The van der Waals surface area contributed by atoms with Crippen LogP contribution in [-0.2, 0) is 16.0 Å². The fourth-order valence-electron chi connectivity index (χ4n) is 1.46. The summed E-state index contributed by atoms with van der Waals surface area (Å²) in [6.07, 6.45) is 2.13. The second kappa shape index (κ2) is 6.39. The minimum absolute atomic E-state index is 0.171. The Labute approximate surface area is 105 Å². The number of thioether (sulfide) groups is 1. The Kier molecular flexibility index (Phi) is 5.15. The predicted octanol–water partition coefficient (Wildman–Crippen LogP) is 2.14. The number of hydrogen-bond acceptors (Lipinski definition) is 5. The van der Waals surface area contributed by atoms with Crippen LogP contribution in [0.1, 0.15) is 5.56 Å². The highest BCUT2D eigenvalue weighted by atomic mass is 32.2. The van der Waals surface area contributed by atoms with Crippen molar-refractivity contribution in [1.82, 2.24) is 0 Å². The first-order valence-electron chi connectivity index (χ1n) is 5.02. The van der Waals surface area contributed by atoms with E-state index in [9.17, 15) is 4.79 Å². The average molecular weight is 256 g/mol. The van der Waals surface area contributed by atoms with E-state index in [1.54, 1.807) is 26.0 Å². The molecule has 0 unspecified atom stereocenters. The molecule has 0 aliphatic rings. The van der Waals surface area contributed by atoms with Crippen LogP contribution in [0.15, 0.2) is 17.0 Å². The quantitative estimate of drug-likeness (QED) is 0.596. The van der Waals surface area contributed by atoms with Crippen LogP contribution in [0.2, 0.25) is 0 Å². The normalized spacial score (nSPS) is 9.88. The average Bonchev–Trinajstić information content (AvgIpc) is 2.37. The van der Waals surface area contributed by atoms with Gasteiger partial charge in [-0.05, 0) is 18.4 Å². The van der Waals surface area contributed by atoms with Gasteiger partial charge in [0.05, 0.1) is 32.6 Å². The molecule has 1 aromatic carbocycles. The summed E-state index contributed by atoms with van der Waals surface area (Å²) in [5, 5.41) is 0. The largest absolute Gasteiger partial charge is 0.496 e. The van der Waals surface area contributed by atoms with E-state index in [0.29, 0.717) is 5.75 Å². The number of benzene rings is 1. The molecule has 0 saturated carbocycles. The van der Waals surface area contributed by atoms with Crippen molar-refractivity contribution in [3.63, 3.8) is 0 Å². The van der Waals surface area contributed by atoms with E-state index in [4.69, 9.17) is 9.47 Å². The SMILES string of the molecule is COC(=O)Cc1cc(OC)c(SC)cc1OC. The van der Waals surface area contributed by atoms with Crippen molar-refractivity contribution in [2.24, 2.45) is 0 Å². The van der Waals surface area contributed by atoms with E-state index in [1.807, 2.05) is 18.4 Å². The van der Waals surface area contributed by atoms with Crippen LogP contribution in [-0.4, -0.2) is 33.6 Å². The zero-order valence-corrected chi connectivity index (χ0v) is 11.2. The zero-order valence-electron chi connectivity index (χ0n) is 10.4. The molecule has 1 aromatic rings. The lowest BCUT2D eigenvalue weighted by atomic mass is 10.1. The molecular weight excluding hydrogens is 240 g/mol. The van der Waals surface area contributed by atoms with Gasteiger partial charge in [0.15, 0.2) is 0 Å². The number of rotatable bonds is 5. The van der Waals surface area contributed by atoms with Crippen LogP contribution in [0.5, 0.6) is 11.5 Å². The molecule has 0 fully saturated rings. The Morgan fingerprint density at radius 3 is 2.29 bits per heavy atom. The lowest BCUT2D eigenvalue weighted by Crippen LogP contribution is -2.06. The van der Waals surface area contributed by atoms with Gasteiger partial charge < -0.3 is 14.2 Å². The third kappa shape index (κ3) is 3.30. The van der Waals surface area contributed by atoms with Gasteiger partial charge in [0, 0.05) is 5.56 Å². The van der Waals surface area contributed by atoms with E-state index >= 15 is 0 Å². The summed E-state index contributed by atoms with van der Waals surface area (Å²) >= 11 is 1.56. The number of carbonyl (C=O) groups excluding carboxylic acids is 1. The highest BCUT2D eigenvalue weighted by molar-refractivity contribution is 7.98. The summed E-state index contributed by atoms with van der Waals surface area (Å²) in [6.45, 7) is 0. The van der Waals surface area contributed by atoms with Crippen molar-refractivity contribution in [1.29, 1.82) is 0 Å². The Balaban J connectivity index is 3.14. The molecule has 0 bridgehead atoms. The van der Waals surface area contributed by atoms with Gasteiger partial charge >= 0.3 is 5.97 Å². The van der Waals surface area contributed by atoms with Gasteiger partial charge in [-0.15, -0.1) is 11.8 Å². The summed E-state index contributed by atoms with van der Waals surface area (Å²) < 4.78 is 15.2. The van der Waals surface area contributed by atoms with Gasteiger partial charge in [-0.1, -0.05) is 0 Å². The molecule has 5 heteroatoms. The van der Waals surface area contributed by atoms with Crippen LogP contribution in [0.4, 0.5) is 0 Å². The van der Waals surface area contributed by atoms with E-state index < -0.39 is 0 Å². The zero-order chi connectivity index (χ0) is 12.8. The first-order valence-corrected chi connectivity index (χ1v) is 6.24. The standard InChI is InChI=1S/C12H16O4S/c1-14-9-7-11(17-4)10(15-2)5-8(9)6-12(13)16-3/h5,7H,6H2,1-4H3. The third-order valence-corrected chi connectivity index (χ3v) is 3.11.